The predicted molar refractivity (Wildman–Crippen MR) is 56.0 cm³/mol. The largest absolute Gasteiger partial charge is 0.271 e. The smallest absolute Gasteiger partial charge is 0.0511 e. The van der Waals surface area contributed by atoms with Crippen molar-refractivity contribution in [2.24, 2.45) is 5.84 Å². The molecule has 0 amide bonds. The van der Waals surface area contributed by atoms with Crippen LogP contribution in [0.5, 0.6) is 0 Å². The second-order valence-corrected chi connectivity index (χ2v) is 4.84. The third-order valence-electron chi connectivity index (χ3n) is 2.07. The van der Waals surface area contributed by atoms with E-state index in [0.29, 0.717) is 11.3 Å². The molecule has 70 valence electrons. The molecule has 2 atom stereocenters. The summed E-state index contributed by atoms with van der Waals surface area (Å²) >= 11 is 2.03. The second kappa shape index (κ2) is 4.90. The molecule has 0 spiro atoms. The monoisotopic (exact) mass is 186 g/mol. The number of thioether (sulfide) groups is 1. The van der Waals surface area contributed by atoms with Crippen LogP contribution in [0.3, 0.4) is 0 Å². The topological polar surface area (TPSA) is 38.0 Å². The van der Waals surface area contributed by atoms with Gasteiger partial charge in [0.2, 0.25) is 0 Å². The van der Waals surface area contributed by atoms with E-state index in [9.17, 15) is 0 Å². The van der Waals surface area contributed by atoms with Crippen molar-refractivity contribution in [2.75, 3.05) is 5.75 Å². The van der Waals surface area contributed by atoms with Crippen LogP contribution in [-0.2, 0) is 0 Å². The zero-order chi connectivity index (χ0) is 8.97. The Morgan fingerprint density at radius 2 is 2.42 bits per heavy atom. The summed E-state index contributed by atoms with van der Waals surface area (Å²) in [6, 6.07) is 0.363. The summed E-state index contributed by atoms with van der Waals surface area (Å²) in [4.78, 5) is 0. The zero-order valence-electron chi connectivity index (χ0n) is 7.84. The molecule has 0 aromatic rings. The highest BCUT2D eigenvalue weighted by Gasteiger charge is 2.22. The third-order valence-corrected chi connectivity index (χ3v) is 3.55. The van der Waals surface area contributed by atoms with Gasteiger partial charge in [0.25, 0.3) is 0 Å². The van der Waals surface area contributed by atoms with Gasteiger partial charge in [-0.05, 0) is 32.4 Å². The minimum Gasteiger partial charge on any atom is -0.271 e. The highest BCUT2D eigenvalue weighted by molar-refractivity contribution is 8.00. The standard InChI is InChI=1S/C9H18N2S/c1-7(2)6-8(11-10)9-4-3-5-12-9/h6,8-9,11H,3-5,10H2,1-2H3. The van der Waals surface area contributed by atoms with Gasteiger partial charge in [0.05, 0.1) is 6.04 Å². The maximum atomic E-state index is 5.49. The van der Waals surface area contributed by atoms with E-state index in [2.05, 4.69) is 25.3 Å². The Bertz CT molecular complexity index is 158. The van der Waals surface area contributed by atoms with Crippen LogP contribution in [0.2, 0.25) is 0 Å². The van der Waals surface area contributed by atoms with Crippen LogP contribution in [0.1, 0.15) is 26.7 Å². The minimum absolute atomic E-state index is 0.363. The van der Waals surface area contributed by atoms with Gasteiger partial charge in [-0.25, -0.2) is 0 Å². The van der Waals surface area contributed by atoms with Crippen LogP contribution < -0.4 is 11.3 Å². The van der Waals surface area contributed by atoms with Gasteiger partial charge in [-0.2, -0.15) is 11.8 Å². The van der Waals surface area contributed by atoms with Gasteiger partial charge in [0.1, 0.15) is 0 Å². The lowest BCUT2D eigenvalue weighted by Crippen LogP contribution is -2.40. The summed E-state index contributed by atoms with van der Waals surface area (Å²) in [7, 11) is 0. The lowest BCUT2D eigenvalue weighted by atomic mass is 10.1. The fourth-order valence-corrected chi connectivity index (χ4v) is 2.84. The Labute approximate surface area is 78.9 Å². The number of allylic oxidation sites excluding steroid dienone is 1. The lowest BCUT2D eigenvalue weighted by molar-refractivity contribution is 0.575. The predicted octanol–water partition coefficient (Wildman–Crippen LogP) is 1.68. The molecule has 1 saturated heterocycles. The number of rotatable bonds is 3. The quantitative estimate of drug-likeness (QED) is 0.400. The van der Waals surface area contributed by atoms with Crippen LogP contribution in [-0.4, -0.2) is 17.0 Å². The number of hydrogen-bond acceptors (Lipinski definition) is 3. The Hall–Kier alpha value is 0.0100. The van der Waals surface area contributed by atoms with E-state index in [-0.39, 0.29) is 0 Å². The van der Waals surface area contributed by atoms with Crippen molar-refractivity contribution in [1.29, 1.82) is 0 Å². The fourth-order valence-electron chi connectivity index (χ4n) is 1.51. The van der Waals surface area contributed by atoms with Crippen molar-refractivity contribution in [2.45, 2.75) is 38.0 Å². The summed E-state index contributed by atoms with van der Waals surface area (Å²) in [5.74, 6) is 6.78. The van der Waals surface area contributed by atoms with Gasteiger partial charge in [-0.1, -0.05) is 11.6 Å². The number of hydrazine groups is 1. The molecule has 1 rings (SSSR count). The molecule has 2 unspecified atom stereocenters. The summed E-state index contributed by atoms with van der Waals surface area (Å²) in [6.45, 7) is 4.23. The molecule has 0 bridgehead atoms. The highest BCUT2D eigenvalue weighted by Crippen LogP contribution is 2.29. The number of nitrogens with one attached hydrogen (secondary N) is 1. The van der Waals surface area contributed by atoms with Gasteiger partial charge < -0.3 is 0 Å². The number of nitrogens with two attached hydrogens (primary N) is 1. The van der Waals surface area contributed by atoms with E-state index in [1.165, 1.54) is 24.2 Å². The summed E-state index contributed by atoms with van der Waals surface area (Å²) in [5, 5.41) is 0.685. The first-order valence-corrected chi connectivity index (χ1v) is 5.51. The minimum atomic E-state index is 0.363. The van der Waals surface area contributed by atoms with Gasteiger partial charge in [-0.15, -0.1) is 0 Å². The molecule has 0 radical (unpaired) electrons. The lowest BCUT2D eigenvalue weighted by Gasteiger charge is -2.18. The van der Waals surface area contributed by atoms with Crippen LogP contribution in [0.25, 0.3) is 0 Å². The van der Waals surface area contributed by atoms with E-state index in [0.717, 1.165) is 0 Å². The summed E-state index contributed by atoms with van der Waals surface area (Å²) in [5.41, 5.74) is 4.22. The Morgan fingerprint density at radius 3 is 2.83 bits per heavy atom. The SMILES string of the molecule is CC(C)=CC(NN)C1CCCS1. The highest BCUT2D eigenvalue weighted by atomic mass is 32.2. The Balaban J connectivity index is 2.49. The molecule has 0 aliphatic carbocycles. The first-order chi connectivity index (χ1) is 5.74. The molecule has 1 heterocycles. The van der Waals surface area contributed by atoms with E-state index >= 15 is 0 Å². The molecule has 0 saturated carbocycles. The molecule has 12 heavy (non-hydrogen) atoms. The first-order valence-electron chi connectivity index (χ1n) is 4.47. The zero-order valence-corrected chi connectivity index (χ0v) is 8.66. The Morgan fingerprint density at radius 1 is 1.67 bits per heavy atom. The van der Waals surface area contributed by atoms with Gasteiger partial charge in [0.15, 0.2) is 0 Å². The van der Waals surface area contributed by atoms with Crippen molar-refractivity contribution in [1.82, 2.24) is 5.43 Å². The van der Waals surface area contributed by atoms with E-state index in [1.54, 1.807) is 0 Å². The van der Waals surface area contributed by atoms with Crippen LogP contribution in [0.15, 0.2) is 11.6 Å². The van der Waals surface area contributed by atoms with Crippen LogP contribution >= 0.6 is 11.8 Å². The van der Waals surface area contributed by atoms with Crippen LogP contribution in [0, 0.1) is 0 Å². The molecule has 1 aliphatic rings. The molecule has 0 aromatic heterocycles. The van der Waals surface area contributed by atoms with E-state index < -0.39 is 0 Å². The number of hydrogen-bond donors (Lipinski definition) is 2. The molecule has 2 nitrogen and oxygen atoms in total. The maximum Gasteiger partial charge on any atom is 0.0511 e. The summed E-state index contributed by atoms with van der Waals surface area (Å²) < 4.78 is 0. The van der Waals surface area contributed by atoms with Crippen molar-refractivity contribution in [3.8, 4) is 0 Å². The first kappa shape index (κ1) is 10.1. The van der Waals surface area contributed by atoms with Gasteiger partial charge >= 0.3 is 0 Å². The van der Waals surface area contributed by atoms with Crippen LogP contribution in [0.4, 0.5) is 0 Å². The second-order valence-electron chi connectivity index (χ2n) is 3.49. The normalized spacial score (nSPS) is 25.4. The van der Waals surface area contributed by atoms with Crippen molar-refractivity contribution in [3.63, 3.8) is 0 Å². The average Bonchev–Trinajstić information content (AvgIpc) is 2.51. The molecule has 3 N–H and O–H groups in total. The molecular weight excluding hydrogens is 168 g/mol. The summed E-state index contributed by atoms with van der Waals surface area (Å²) in [6.07, 6.45) is 4.86. The van der Waals surface area contributed by atoms with E-state index in [1.807, 2.05) is 11.8 Å². The maximum absolute atomic E-state index is 5.49. The van der Waals surface area contributed by atoms with Gasteiger partial charge in [-0.3, -0.25) is 11.3 Å². The molecule has 0 aromatic carbocycles. The fraction of sp³-hybridized carbons (Fsp3) is 0.778. The molecular formula is C9H18N2S. The van der Waals surface area contributed by atoms with Crippen molar-refractivity contribution >= 4 is 11.8 Å². The van der Waals surface area contributed by atoms with Crippen molar-refractivity contribution < 1.29 is 0 Å². The van der Waals surface area contributed by atoms with E-state index in [4.69, 9.17) is 5.84 Å². The Kier molecular flexibility index (Phi) is 4.12. The molecule has 3 heteroatoms. The van der Waals surface area contributed by atoms with Gasteiger partial charge in [0, 0.05) is 5.25 Å². The average molecular weight is 186 g/mol. The van der Waals surface area contributed by atoms with Crippen molar-refractivity contribution in [3.05, 3.63) is 11.6 Å². The molecule has 1 fully saturated rings. The third kappa shape index (κ3) is 2.81. The molecule has 1 aliphatic heterocycles.